The van der Waals surface area contributed by atoms with E-state index in [1.54, 1.807) is 6.07 Å². The number of halogens is 3. The molecule has 0 atom stereocenters. The van der Waals surface area contributed by atoms with Crippen molar-refractivity contribution >= 4 is 0 Å². The molecule has 1 fully saturated rings. The zero-order chi connectivity index (χ0) is 15.1. The van der Waals surface area contributed by atoms with Crippen LogP contribution in [0.3, 0.4) is 0 Å². The number of rotatable bonds is 9. The number of ether oxygens (including phenoxy) is 1. The van der Waals surface area contributed by atoms with Crippen LogP contribution in [0.15, 0.2) is 24.3 Å². The fraction of sp³-hybridized carbons (Fsp3) is 0.625. The summed E-state index contributed by atoms with van der Waals surface area (Å²) >= 11 is 0. The second kappa shape index (κ2) is 7.69. The molecule has 0 amide bonds. The highest BCUT2D eigenvalue weighted by Gasteiger charge is 2.30. The zero-order valence-electron chi connectivity index (χ0n) is 12.1. The van der Waals surface area contributed by atoms with Crippen LogP contribution < -0.4 is 10.1 Å². The van der Waals surface area contributed by atoms with Gasteiger partial charge in [0.1, 0.15) is 5.75 Å². The molecule has 21 heavy (non-hydrogen) atoms. The molecule has 0 aromatic heterocycles. The molecule has 0 heterocycles. The van der Waals surface area contributed by atoms with Gasteiger partial charge in [-0.25, -0.2) is 0 Å². The minimum Gasteiger partial charge on any atom is -0.494 e. The molecule has 0 bridgehead atoms. The molecule has 2 rings (SSSR count). The topological polar surface area (TPSA) is 21.3 Å². The molecule has 2 nitrogen and oxygen atoms in total. The molecule has 1 N–H and O–H groups in total. The Balaban J connectivity index is 1.55. The smallest absolute Gasteiger partial charge is 0.416 e. The van der Waals surface area contributed by atoms with Crippen LogP contribution in [0.5, 0.6) is 5.75 Å². The lowest BCUT2D eigenvalue weighted by Crippen LogP contribution is -2.17. The Morgan fingerprint density at radius 2 is 1.86 bits per heavy atom. The first-order chi connectivity index (χ1) is 10.1. The molecule has 1 aromatic rings. The second-order valence-electron chi connectivity index (χ2n) is 5.52. The van der Waals surface area contributed by atoms with E-state index in [0.717, 1.165) is 50.4 Å². The van der Waals surface area contributed by atoms with Crippen LogP contribution in [-0.2, 0) is 6.18 Å². The number of nitrogens with one attached hydrogen (secondary N) is 1. The van der Waals surface area contributed by atoms with Crippen molar-refractivity contribution in [2.75, 3.05) is 13.2 Å². The van der Waals surface area contributed by atoms with Crippen molar-refractivity contribution < 1.29 is 17.9 Å². The van der Waals surface area contributed by atoms with Crippen molar-refractivity contribution in [1.82, 2.24) is 5.32 Å². The van der Waals surface area contributed by atoms with Gasteiger partial charge in [-0.05, 0) is 50.4 Å². The summed E-state index contributed by atoms with van der Waals surface area (Å²) < 4.78 is 43.0. The SMILES string of the molecule is FC(F)(F)c1cccc(OCCCCCCNC2CC2)c1. The third-order valence-corrected chi connectivity index (χ3v) is 3.51. The van der Waals surface area contributed by atoms with Crippen LogP contribution in [0.25, 0.3) is 0 Å². The lowest BCUT2D eigenvalue weighted by molar-refractivity contribution is -0.137. The number of hydrogen-bond acceptors (Lipinski definition) is 2. The number of benzene rings is 1. The largest absolute Gasteiger partial charge is 0.494 e. The fourth-order valence-corrected chi connectivity index (χ4v) is 2.13. The highest BCUT2D eigenvalue weighted by Crippen LogP contribution is 2.31. The Morgan fingerprint density at radius 1 is 1.10 bits per heavy atom. The van der Waals surface area contributed by atoms with Gasteiger partial charge in [-0.3, -0.25) is 0 Å². The predicted octanol–water partition coefficient (Wildman–Crippen LogP) is 4.40. The van der Waals surface area contributed by atoms with E-state index in [2.05, 4.69) is 5.32 Å². The van der Waals surface area contributed by atoms with E-state index in [1.165, 1.54) is 18.9 Å². The second-order valence-corrected chi connectivity index (χ2v) is 5.52. The molecule has 0 aliphatic heterocycles. The van der Waals surface area contributed by atoms with Gasteiger partial charge >= 0.3 is 6.18 Å². The van der Waals surface area contributed by atoms with Crippen molar-refractivity contribution in [3.8, 4) is 5.75 Å². The zero-order valence-corrected chi connectivity index (χ0v) is 12.1. The third kappa shape index (κ3) is 6.38. The van der Waals surface area contributed by atoms with E-state index in [1.807, 2.05) is 0 Å². The predicted molar refractivity (Wildman–Crippen MR) is 76.4 cm³/mol. The van der Waals surface area contributed by atoms with Crippen LogP contribution in [-0.4, -0.2) is 19.2 Å². The first-order valence-electron chi connectivity index (χ1n) is 7.59. The molecule has 1 aliphatic rings. The van der Waals surface area contributed by atoms with E-state index >= 15 is 0 Å². The van der Waals surface area contributed by atoms with Crippen molar-refractivity contribution in [3.05, 3.63) is 29.8 Å². The fourth-order valence-electron chi connectivity index (χ4n) is 2.13. The molecular formula is C16H22F3NO. The first kappa shape index (κ1) is 16.1. The average Bonchev–Trinajstić information content (AvgIpc) is 3.25. The number of hydrogen-bond donors (Lipinski definition) is 1. The van der Waals surface area contributed by atoms with E-state index in [9.17, 15) is 13.2 Å². The maximum Gasteiger partial charge on any atom is 0.416 e. The normalized spacial score (nSPS) is 15.2. The summed E-state index contributed by atoms with van der Waals surface area (Å²) in [6.07, 6.45) is 2.51. The summed E-state index contributed by atoms with van der Waals surface area (Å²) in [5.41, 5.74) is -0.661. The minimum absolute atomic E-state index is 0.292. The van der Waals surface area contributed by atoms with Gasteiger partial charge in [0.25, 0.3) is 0 Å². The maximum atomic E-state index is 12.5. The van der Waals surface area contributed by atoms with Gasteiger partial charge in [0, 0.05) is 6.04 Å². The maximum absolute atomic E-state index is 12.5. The summed E-state index contributed by atoms with van der Waals surface area (Å²) in [6.45, 7) is 1.54. The lowest BCUT2D eigenvalue weighted by atomic mass is 10.2. The molecule has 1 saturated carbocycles. The number of unbranched alkanes of at least 4 members (excludes halogenated alkanes) is 3. The van der Waals surface area contributed by atoms with Gasteiger partial charge in [0.15, 0.2) is 0 Å². The van der Waals surface area contributed by atoms with E-state index in [-0.39, 0.29) is 0 Å². The van der Waals surface area contributed by atoms with Crippen LogP contribution >= 0.6 is 0 Å². The van der Waals surface area contributed by atoms with Crippen molar-refractivity contribution in [2.24, 2.45) is 0 Å². The number of alkyl halides is 3. The molecular weight excluding hydrogens is 279 g/mol. The van der Waals surface area contributed by atoms with Gasteiger partial charge < -0.3 is 10.1 Å². The van der Waals surface area contributed by atoms with Crippen LogP contribution in [0.2, 0.25) is 0 Å². The molecule has 1 aliphatic carbocycles. The van der Waals surface area contributed by atoms with Gasteiger partial charge in [0.2, 0.25) is 0 Å². The molecule has 0 spiro atoms. The van der Waals surface area contributed by atoms with Crippen LogP contribution in [0.4, 0.5) is 13.2 Å². The first-order valence-corrected chi connectivity index (χ1v) is 7.59. The van der Waals surface area contributed by atoms with E-state index in [4.69, 9.17) is 4.74 Å². The van der Waals surface area contributed by atoms with Crippen LogP contribution in [0.1, 0.15) is 44.1 Å². The lowest BCUT2D eigenvalue weighted by Gasteiger charge is -2.10. The Labute approximate surface area is 123 Å². The average molecular weight is 301 g/mol. The molecule has 0 unspecified atom stereocenters. The molecule has 0 radical (unpaired) electrons. The highest BCUT2D eigenvalue weighted by molar-refractivity contribution is 5.30. The molecule has 118 valence electrons. The summed E-state index contributed by atoms with van der Waals surface area (Å²) in [4.78, 5) is 0. The molecule has 5 heteroatoms. The summed E-state index contributed by atoms with van der Waals surface area (Å²) in [6, 6.07) is 5.81. The Morgan fingerprint density at radius 3 is 2.57 bits per heavy atom. The van der Waals surface area contributed by atoms with Gasteiger partial charge in [0.05, 0.1) is 12.2 Å². The van der Waals surface area contributed by atoms with Gasteiger partial charge in [-0.2, -0.15) is 13.2 Å². The Hall–Kier alpha value is -1.23. The quantitative estimate of drug-likeness (QED) is 0.683. The standard InChI is InChI=1S/C16H22F3NO/c17-16(18,19)13-6-5-7-15(12-13)21-11-4-2-1-3-10-20-14-8-9-14/h5-7,12,14,20H,1-4,8-11H2. The third-order valence-electron chi connectivity index (χ3n) is 3.51. The van der Waals surface area contributed by atoms with Crippen molar-refractivity contribution in [2.45, 2.75) is 50.7 Å². The minimum atomic E-state index is -4.31. The van der Waals surface area contributed by atoms with Gasteiger partial charge in [-0.15, -0.1) is 0 Å². The van der Waals surface area contributed by atoms with Gasteiger partial charge in [-0.1, -0.05) is 18.9 Å². The summed E-state index contributed by atoms with van der Waals surface area (Å²) in [5, 5.41) is 3.46. The van der Waals surface area contributed by atoms with Crippen LogP contribution in [0, 0.1) is 0 Å². The Bertz CT molecular complexity index is 430. The highest BCUT2D eigenvalue weighted by atomic mass is 19.4. The summed E-state index contributed by atoms with van der Waals surface area (Å²) in [5.74, 6) is 0.292. The molecule has 0 saturated heterocycles. The molecule has 1 aromatic carbocycles. The van der Waals surface area contributed by atoms with E-state index in [0.29, 0.717) is 12.4 Å². The van der Waals surface area contributed by atoms with Crippen molar-refractivity contribution in [1.29, 1.82) is 0 Å². The van der Waals surface area contributed by atoms with E-state index < -0.39 is 11.7 Å². The monoisotopic (exact) mass is 301 g/mol. The summed E-state index contributed by atoms with van der Waals surface area (Å²) in [7, 11) is 0. The Kier molecular flexibility index (Phi) is 5.91. The van der Waals surface area contributed by atoms with Crippen molar-refractivity contribution in [3.63, 3.8) is 0 Å².